The van der Waals surface area contributed by atoms with E-state index in [4.69, 9.17) is 0 Å². The van der Waals surface area contributed by atoms with E-state index in [9.17, 15) is 4.39 Å². The van der Waals surface area contributed by atoms with Gasteiger partial charge in [0.25, 0.3) is 0 Å². The zero-order valence-electron chi connectivity index (χ0n) is 18.1. The summed E-state index contributed by atoms with van der Waals surface area (Å²) in [7, 11) is 3.84. The number of halogens is 1. The Hall–Kier alpha value is -3.39. The van der Waals surface area contributed by atoms with E-state index in [2.05, 4.69) is 44.5 Å². The highest BCUT2D eigenvalue weighted by Gasteiger charge is 2.16. The molecular formula is C23H26FN7. The molecular weight excluding hydrogens is 393 g/mol. The van der Waals surface area contributed by atoms with Gasteiger partial charge in [-0.1, -0.05) is 26.0 Å². The van der Waals surface area contributed by atoms with Crippen molar-refractivity contribution < 1.29 is 4.39 Å². The number of aryl methyl sites for hydroxylation is 1. The average molecular weight is 420 g/mol. The molecule has 160 valence electrons. The number of hydrogen-bond acceptors (Lipinski definition) is 6. The third-order valence-electron chi connectivity index (χ3n) is 5.12. The Bertz CT molecular complexity index is 1220. The molecule has 0 aliphatic heterocycles. The molecule has 8 heteroatoms. The first-order valence-corrected chi connectivity index (χ1v) is 10.3. The molecule has 0 saturated carbocycles. The van der Waals surface area contributed by atoms with E-state index in [1.54, 1.807) is 0 Å². The van der Waals surface area contributed by atoms with Gasteiger partial charge in [0.15, 0.2) is 5.82 Å². The Kier molecular flexibility index (Phi) is 5.90. The lowest BCUT2D eigenvalue weighted by Gasteiger charge is -2.09. The number of likely N-dealkylation sites (N-methyl/N-ethyl adjacent to an activating group) is 1. The van der Waals surface area contributed by atoms with Crippen molar-refractivity contribution in [2.24, 2.45) is 7.05 Å². The zero-order chi connectivity index (χ0) is 22.0. The molecule has 0 radical (unpaired) electrons. The molecule has 3 aromatic heterocycles. The summed E-state index contributed by atoms with van der Waals surface area (Å²) in [6.45, 7) is 5.07. The summed E-state index contributed by atoms with van der Waals surface area (Å²) in [5.41, 5.74) is 3.85. The van der Waals surface area contributed by atoms with E-state index >= 15 is 0 Å². The maximum atomic E-state index is 14.7. The molecule has 4 aromatic rings. The molecule has 7 nitrogen and oxygen atoms in total. The van der Waals surface area contributed by atoms with Crippen LogP contribution >= 0.6 is 0 Å². The monoisotopic (exact) mass is 419 g/mol. The number of rotatable bonds is 7. The van der Waals surface area contributed by atoms with Gasteiger partial charge in [-0.2, -0.15) is 5.10 Å². The number of nitrogens with one attached hydrogen (secondary N) is 2. The number of anilines is 2. The summed E-state index contributed by atoms with van der Waals surface area (Å²) in [4.78, 5) is 13.1. The van der Waals surface area contributed by atoms with Crippen LogP contribution in [0, 0.1) is 5.82 Å². The molecule has 1 aromatic carbocycles. The number of aromatic nitrogens is 5. The minimum atomic E-state index is -0.476. The second-order valence-corrected chi connectivity index (χ2v) is 7.78. The largest absolute Gasteiger partial charge is 0.319 e. The van der Waals surface area contributed by atoms with E-state index < -0.39 is 5.82 Å². The molecule has 3 heterocycles. The smallest absolute Gasteiger partial charge is 0.229 e. The van der Waals surface area contributed by atoms with Gasteiger partial charge in [0, 0.05) is 42.4 Å². The fourth-order valence-electron chi connectivity index (χ4n) is 3.74. The Labute approximate surface area is 180 Å². The molecule has 31 heavy (non-hydrogen) atoms. The van der Waals surface area contributed by atoms with Crippen molar-refractivity contribution in [3.63, 3.8) is 0 Å². The molecule has 2 N–H and O–H groups in total. The molecule has 0 amide bonds. The third-order valence-corrected chi connectivity index (χ3v) is 5.12. The molecule has 4 rings (SSSR count). The van der Waals surface area contributed by atoms with Crippen LogP contribution in [0.2, 0.25) is 0 Å². The van der Waals surface area contributed by atoms with Gasteiger partial charge < -0.3 is 10.6 Å². The van der Waals surface area contributed by atoms with Gasteiger partial charge in [-0.25, -0.2) is 19.3 Å². The van der Waals surface area contributed by atoms with Crippen LogP contribution in [0.5, 0.6) is 0 Å². The van der Waals surface area contributed by atoms with Crippen LogP contribution in [0.25, 0.3) is 22.2 Å². The maximum Gasteiger partial charge on any atom is 0.229 e. The van der Waals surface area contributed by atoms with Gasteiger partial charge in [0.1, 0.15) is 11.5 Å². The van der Waals surface area contributed by atoms with Gasteiger partial charge in [0.2, 0.25) is 5.95 Å². The lowest BCUT2D eigenvalue weighted by Crippen LogP contribution is -2.11. The third kappa shape index (κ3) is 4.39. The molecule has 0 atom stereocenters. The lowest BCUT2D eigenvalue weighted by molar-refractivity contribution is 0.619. The second kappa shape index (κ2) is 8.77. The maximum absolute atomic E-state index is 14.7. The van der Waals surface area contributed by atoms with Crippen molar-refractivity contribution in [3.05, 3.63) is 59.8 Å². The highest BCUT2D eigenvalue weighted by Crippen LogP contribution is 2.30. The average Bonchev–Trinajstić information content (AvgIpc) is 3.09. The summed E-state index contributed by atoms with van der Waals surface area (Å²) < 4.78 is 16.5. The van der Waals surface area contributed by atoms with E-state index in [1.807, 2.05) is 55.2 Å². The summed E-state index contributed by atoms with van der Waals surface area (Å²) >= 11 is 0. The van der Waals surface area contributed by atoms with Gasteiger partial charge in [0.05, 0.1) is 11.7 Å². The predicted octanol–water partition coefficient (Wildman–Crippen LogP) is 4.19. The second-order valence-electron chi connectivity index (χ2n) is 7.78. The quantitative estimate of drug-likeness (QED) is 0.467. The van der Waals surface area contributed by atoms with Gasteiger partial charge in [-0.15, -0.1) is 0 Å². The van der Waals surface area contributed by atoms with Crippen LogP contribution in [0.15, 0.2) is 42.6 Å². The summed E-state index contributed by atoms with van der Waals surface area (Å²) in [5, 5.41) is 11.8. The van der Waals surface area contributed by atoms with Crippen LogP contribution in [0.1, 0.15) is 31.2 Å². The van der Waals surface area contributed by atoms with Crippen molar-refractivity contribution in [2.45, 2.75) is 26.2 Å². The Balaban J connectivity index is 1.68. The van der Waals surface area contributed by atoms with Gasteiger partial charge in [-0.3, -0.25) is 4.68 Å². The molecule has 0 aliphatic carbocycles. The van der Waals surface area contributed by atoms with Crippen molar-refractivity contribution >= 4 is 22.7 Å². The van der Waals surface area contributed by atoms with Crippen LogP contribution in [0.3, 0.4) is 0 Å². The van der Waals surface area contributed by atoms with Crippen molar-refractivity contribution in [3.8, 4) is 11.3 Å². The van der Waals surface area contributed by atoms with E-state index in [0.717, 1.165) is 35.3 Å². The van der Waals surface area contributed by atoms with Crippen molar-refractivity contribution in [1.29, 1.82) is 0 Å². The Morgan fingerprint density at radius 1 is 1.13 bits per heavy atom. The fourth-order valence-corrected chi connectivity index (χ4v) is 3.74. The summed E-state index contributed by atoms with van der Waals surface area (Å²) in [6, 6.07) is 11.4. The minimum Gasteiger partial charge on any atom is -0.319 e. The van der Waals surface area contributed by atoms with E-state index in [1.165, 1.54) is 6.20 Å². The highest BCUT2D eigenvalue weighted by atomic mass is 19.1. The summed E-state index contributed by atoms with van der Waals surface area (Å²) in [5.74, 6) is 0.732. The molecule has 0 unspecified atom stereocenters. The van der Waals surface area contributed by atoms with E-state index in [0.29, 0.717) is 23.2 Å². The number of hydrogen-bond donors (Lipinski definition) is 2. The van der Waals surface area contributed by atoms with Gasteiger partial charge >= 0.3 is 0 Å². The predicted molar refractivity (Wildman–Crippen MR) is 121 cm³/mol. The van der Waals surface area contributed by atoms with Crippen LogP contribution < -0.4 is 10.6 Å². The normalized spacial score (nSPS) is 11.4. The van der Waals surface area contributed by atoms with Gasteiger partial charge in [-0.05, 0) is 37.2 Å². The molecule has 0 aliphatic rings. The number of nitrogens with zero attached hydrogens (tertiary/aromatic N) is 5. The first-order valence-electron chi connectivity index (χ1n) is 10.3. The zero-order valence-corrected chi connectivity index (χ0v) is 18.1. The van der Waals surface area contributed by atoms with Crippen LogP contribution in [-0.2, 0) is 13.5 Å². The standard InChI is InChI=1S/C23H26FN7/c1-14(2)22-17-12-15(8-9-19(17)30-31(22)4)21-18(24)13-26-23(29-21)28-20-7-5-6-16(27-20)10-11-25-3/h5-9,12-14,25H,10-11H2,1-4H3,(H,26,27,28,29). The summed E-state index contributed by atoms with van der Waals surface area (Å²) in [6.07, 6.45) is 2.00. The topological polar surface area (TPSA) is 80.5 Å². The van der Waals surface area contributed by atoms with Crippen molar-refractivity contribution in [2.75, 3.05) is 18.9 Å². The molecule has 0 saturated heterocycles. The van der Waals surface area contributed by atoms with Crippen LogP contribution in [-0.4, -0.2) is 38.3 Å². The highest BCUT2D eigenvalue weighted by molar-refractivity contribution is 5.86. The number of pyridine rings is 1. The Morgan fingerprint density at radius 3 is 2.74 bits per heavy atom. The first kappa shape index (κ1) is 20.9. The molecule has 0 fully saturated rings. The fraction of sp³-hybridized carbons (Fsp3) is 0.304. The minimum absolute atomic E-state index is 0.240. The lowest BCUT2D eigenvalue weighted by atomic mass is 10.0. The van der Waals surface area contributed by atoms with Crippen LogP contribution in [0.4, 0.5) is 16.2 Å². The van der Waals surface area contributed by atoms with E-state index in [-0.39, 0.29) is 5.69 Å². The molecule has 0 spiro atoms. The number of fused-ring (bicyclic) bond motifs is 1. The Morgan fingerprint density at radius 2 is 1.97 bits per heavy atom. The number of benzene rings is 1. The first-order chi connectivity index (χ1) is 15.0. The SMILES string of the molecule is CNCCc1cccc(Nc2ncc(F)c(-c3ccc4nn(C)c(C(C)C)c4c3)n2)n1. The molecule has 0 bridgehead atoms. The van der Waals surface area contributed by atoms with Crippen molar-refractivity contribution in [1.82, 2.24) is 30.0 Å².